The molecule has 1 unspecified atom stereocenters. The average Bonchev–Trinajstić information content (AvgIpc) is 2.03. The molecule has 0 saturated heterocycles. The fourth-order valence-corrected chi connectivity index (χ4v) is 1.35. The van der Waals surface area contributed by atoms with Crippen LogP contribution in [0.2, 0.25) is 0 Å². The molecule has 1 saturated carbocycles. The molecule has 1 atom stereocenters. The van der Waals surface area contributed by atoms with E-state index < -0.39 is 0 Å². The Morgan fingerprint density at radius 2 is 2.50 bits per heavy atom. The second kappa shape index (κ2) is 4.73. The molecule has 10 heavy (non-hydrogen) atoms. The zero-order valence-electron chi connectivity index (χ0n) is 6.81. The predicted molar refractivity (Wildman–Crippen MR) is 42.8 cm³/mol. The van der Waals surface area contributed by atoms with E-state index >= 15 is 0 Å². The quantitative estimate of drug-likeness (QED) is 0.587. The summed E-state index contributed by atoms with van der Waals surface area (Å²) >= 11 is 0. The van der Waals surface area contributed by atoms with Crippen molar-refractivity contribution in [3.05, 3.63) is 6.42 Å². The lowest BCUT2D eigenvalue weighted by Crippen LogP contribution is -2.17. The van der Waals surface area contributed by atoms with Crippen LogP contribution in [0.15, 0.2) is 0 Å². The van der Waals surface area contributed by atoms with Crippen LogP contribution in [0.5, 0.6) is 0 Å². The summed E-state index contributed by atoms with van der Waals surface area (Å²) < 4.78 is 5.60. The molecule has 0 aromatic rings. The third kappa shape index (κ3) is 2.70. The van der Waals surface area contributed by atoms with Crippen LogP contribution < -0.4 is 0 Å². The summed E-state index contributed by atoms with van der Waals surface area (Å²) in [6.45, 7) is 3.10. The van der Waals surface area contributed by atoms with Crippen LogP contribution in [0.25, 0.3) is 0 Å². The molecular formula is C9H17O. The molecule has 59 valence electrons. The minimum atomic E-state index is 0.550. The summed E-state index contributed by atoms with van der Waals surface area (Å²) in [5.74, 6) is 0. The zero-order chi connectivity index (χ0) is 7.23. The molecule has 0 aromatic carbocycles. The first kappa shape index (κ1) is 8.06. The van der Waals surface area contributed by atoms with Crippen molar-refractivity contribution in [1.29, 1.82) is 0 Å². The van der Waals surface area contributed by atoms with Gasteiger partial charge in [-0.1, -0.05) is 13.3 Å². The summed E-state index contributed by atoms with van der Waals surface area (Å²) in [7, 11) is 0. The van der Waals surface area contributed by atoms with E-state index in [-0.39, 0.29) is 0 Å². The van der Waals surface area contributed by atoms with Gasteiger partial charge in [0, 0.05) is 6.61 Å². The Bertz CT molecular complexity index is 74.8. The maximum atomic E-state index is 5.60. The fraction of sp³-hybridized carbons (Fsp3) is 0.889. The van der Waals surface area contributed by atoms with Crippen LogP contribution in [0.1, 0.15) is 39.0 Å². The highest BCUT2D eigenvalue weighted by Crippen LogP contribution is 2.19. The van der Waals surface area contributed by atoms with Crippen LogP contribution in [0.3, 0.4) is 0 Å². The summed E-state index contributed by atoms with van der Waals surface area (Å²) in [5.41, 5.74) is 0. The van der Waals surface area contributed by atoms with Gasteiger partial charge in [0.2, 0.25) is 0 Å². The molecule has 1 radical (unpaired) electrons. The van der Waals surface area contributed by atoms with Gasteiger partial charge in [-0.3, -0.25) is 0 Å². The maximum absolute atomic E-state index is 5.60. The van der Waals surface area contributed by atoms with Gasteiger partial charge in [-0.2, -0.15) is 0 Å². The molecule has 0 aliphatic heterocycles. The van der Waals surface area contributed by atoms with E-state index in [2.05, 4.69) is 13.3 Å². The van der Waals surface area contributed by atoms with Gasteiger partial charge in [0.05, 0.1) is 6.10 Å². The molecule has 0 spiro atoms. The largest absolute Gasteiger partial charge is 0.378 e. The van der Waals surface area contributed by atoms with E-state index in [0.29, 0.717) is 6.10 Å². The maximum Gasteiger partial charge on any atom is 0.0577 e. The lowest BCUT2D eigenvalue weighted by Gasteiger charge is -2.21. The number of ether oxygens (including phenoxy) is 1. The standard InChI is InChI=1S/C9H17O/c1-2-8-10-9-6-4-3-5-7-9/h4,9H,2-3,5-8H2,1H3. The molecule has 0 amide bonds. The van der Waals surface area contributed by atoms with Crippen LogP contribution in [0.4, 0.5) is 0 Å². The third-order valence-corrected chi connectivity index (χ3v) is 1.92. The lowest BCUT2D eigenvalue weighted by atomic mass is 9.98. The predicted octanol–water partition coefficient (Wildman–Crippen LogP) is 2.56. The second-order valence-corrected chi connectivity index (χ2v) is 2.95. The third-order valence-electron chi connectivity index (χ3n) is 1.92. The van der Waals surface area contributed by atoms with E-state index in [0.717, 1.165) is 13.0 Å². The Labute approximate surface area is 63.8 Å². The molecule has 1 aliphatic rings. The molecular weight excluding hydrogens is 124 g/mol. The first-order chi connectivity index (χ1) is 4.93. The molecule has 0 heterocycles. The Hall–Kier alpha value is -0.0400. The van der Waals surface area contributed by atoms with Gasteiger partial charge in [-0.15, -0.1) is 0 Å². The Kier molecular flexibility index (Phi) is 3.81. The van der Waals surface area contributed by atoms with Crippen LogP contribution >= 0.6 is 0 Å². The van der Waals surface area contributed by atoms with Gasteiger partial charge in [0.1, 0.15) is 0 Å². The Morgan fingerprint density at radius 1 is 1.60 bits per heavy atom. The van der Waals surface area contributed by atoms with Crippen molar-refractivity contribution in [2.24, 2.45) is 0 Å². The van der Waals surface area contributed by atoms with Gasteiger partial charge >= 0.3 is 0 Å². The van der Waals surface area contributed by atoms with Gasteiger partial charge in [-0.05, 0) is 32.1 Å². The van der Waals surface area contributed by atoms with Gasteiger partial charge in [0.15, 0.2) is 0 Å². The fourth-order valence-electron chi connectivity index (χ4n) is 1.35. The second-order valence-electron chi connectivity index (χ2n) is 2.95. The zero-order valence-corrected chi connectivity index (χ0v) is 6.81. The van der Waals surface area contributed by atoms with Crippen LogP contribution in [0, 0.1) is 6.42 Å². The SMILES string of the molecule is CCCOC1C[CH]CCC1. The lowest BCUT2D eigenvalue weighted by molar-refractivity contribution is 0.0389. The number of hydrogen-bond acceptors (Lipinski definition) is 1. The molecule has 1 aliphatic carbocycles. The number of rotatable bonds is 3. The first-order valence-corrected chi connectivity index (χ1v) is 4.36. The monoisotopic (exact) mass is 141 g/mol. The van der Waals surface area contributed by atoms with Crippen molar-refractivity contribution in [2.75, 3.05) is 6.61 Å². The van der Waals surface area contributed by atoms with Gasteiger partial charge in [0.25, 0.3) is 0 Å². The average molecular weight is 141 g/mol. The highest BCUT2D eigenvalue weighted by Gasteiger charge is 2.12. The normalized spacial score (nSPS) is 21.3. The molecule has 1 nitrogen and oxygen atoms in total. The first-order valence-electron chi connectivity index (χ1n) is 4.36. The molecule has 0 N–H and O–H groups in total. The molecule has 0 aromatic heterocycles. The van der Waals surface area contributed by atoms with Crippen molar-refractivity contribution in [2.45, 2.75) is 45.1 Å². The molecule has 1 fully saturated rings. The van der Waals surface area contributed by atoms with E-state index in [1.165, 1.54) is 25.7 Å². The minimum absolute atomic E-state index is 0.550. The summed E-state index contributed by atoms with van der Waals surface area (Å²) in [4.78, 5) is 0. The number of hydrogen-bond donors (Lipinski definition) is 0. The van der Waals surface area contributed by atoms with Crippen molar-refractivity contribution >= 4 is 0 Å². The molecule has 1 rings (SSSR count). The van der Waals surface area contributed by atoms with Crippen molar-refractivity contribution in [3.63, 3.8) is 0 Å². The Morgan fingerprint density at radius 3 is 3.10 bits per heavy atom. The van der Waals surface area contributed by atoms with E-state index in [9.17, 15) is 0 Å². The van der Waals surface area contributed by atoms with Crippen molar-refractivity contribution < 1.29 is 4.74 Å². The van der Waals surface area contributed by atoms with E-state index in [1.54, 1.807) is 0 Å². The van der Waals surface area contributed by atoms with Crippen LogP contribution in [-0.2, 0) is 4.74 Å². The smallest absolute Gasteiger partial charge is 0.0577 e. The summed E-state index contributed by atoms with van der Waals surface area (Å²) in [5, 5.41) is 0. The summed E-state index contributed by atoms with van der Waals surface area (Å²) in [6, 6.07) is 0. The van der Waals surface area contributed by atoms with Crippen LogP contribution in [-0.4, -0.2) is 12.7 Å². The summed E-state index contributed by atoms with van der Waals surface area (Å²) in [6.07, 6.45) is 9.13. The highest BCUT2D eigenvalue weighted by atomic mass is 16.5. The molecule has 0 bridgehead atoms. The van der Waals surface area contributed by atoms with Crippen molar-refractivity contribution in [1.82, 2.24) is 0 Å². The van der Waals surface area contributed by atoms with Crippen molar-refractivity contribution in [3.8, 4) is 0 Å². The van der Waals surface area contributed by atoms with E-state index in [4.69, 9.17) is 4.74 Å². The Balaban J connectivity index is 2.02. The highest BCUT2D eigenvalue weighted by molar-refractivity contribution is 4.77. The topological polar surface area (TPSA) is 9.23 Å². The van der Waals surface area contributed by atoms with E-state index in [1.807, 2.05) is 0 Å². The molecule has 1 heteroatoms. The van der Waals surface area contributed by atoms with Gasteiger partial charge in [-0.25, -0.2) is 0 Å². The van der Waals surface area contributed by atoms with Gasteiger partial charge < -0.3 is 4.74 Å². The minimum Gasteiger partial charge on any atom is -0.378 e.